The Morgan fingerprint density at radius 2 is 2.17 bits per heavy atom. The molecule has 0 unspecified atom stereocenters. The summed E-state index contributed by atoms with van der Waals surface area (Å²) in [5, 5.41) is 10.5. The van der Waals surface area contributed by atoms with Crippen LogP contribution in [-0.4, -0.2) is 39.7 Å². The van der Waals surface area contributed by atoms with Crippen LogP contribution >= 0.6 is 11.3 Å². The van der Waals surface area contributed by atoms with Crippen LogP contribution in [0, 0.1) is 11.3 Å². The van der Waals surface area contributed by atoms with E-state index in [0.29, 0.717) is 35.0 Å². The van der Waals surface area contributed by atoms with Gasteiger partial charge in [-0.2, -0.15) is 5.26 Å². The maximum atomic E-state index is 11.5. The van der Waals surface area contributed by atoms with Gasteiger partial charge in [0.15, 0.2) is 6.29 Å². The zero-order valence-corrected chi connectivity index (χ0v) is 13.6. The Balaban J connectivity index is 2.13. The SMILES string of the molecule is COc1cccc(-c2c(C=O)sc(N3CCOCC3)c2C#N)c1. The number of carbonyl (C=O) groups excluding carboxylic acids is 1. The summed E-state index contributed by atoms with van der Waals surface area (Å²) in [6.07, 6.45) is 0.824. The van der Waals surface area contributed by atoms with E-state index in [9.17, 15) is 10.1 Å². The number of hydrogen-bond donors (Lipinski definition) is 0. The molecule has 1 aliphatic rings. The maximum absolute atomic E-state index is 11.5. The molecule has 118 valence electrons. The number of hydrogen-bond acceptors (Lipinski definition) is 6. The third-order valence-electron chi connectivity index (χ3n) is 3.79. The third-order valence-corrected chi connectivity index (χ3v) is 4.97. The summed E-state index contributed by atoms with van der Waals surface area (Å²) in [5.74, 6) is 0.697. The Morgan fingerprint density at radius 1 is 1.39 bits per heavy atom. The van der Waals surface area contributed by atoms with Crippen LogP contribution in [0.3, 0.4) is 0 Å². The summed E-state index contributed by atoms with van der Waals surface area (Å²) >= 11 is 1.36. The van der Waals surface area contributed by atoms with Crippen molar-refractivity contribution < 1.29 is 14.3 Å². The van der Waals surface area contributed by atoms with Crippen molar-refractivity contribution in [1.29, 1.82) is 5.26 Å². The molecule has 0 bridgehead atoms. The van der Waals surface area contributed by atoms with E-state index in [1.165, 1.54) is 11.3 Å². The van der Waals surface area contributed by atoms with Crippen molar-refractivity contribution in [1.82, 2.24) is 0 Å². The molecule has 0 saturated carbocycles. The Kier molecular flexibility index (Phi) is 4.60. The maximum Gasteiger partial charge on any atom is 0.160 e. The summed E-state index contributed by atoms with van der Waals surface area (Å²) in [5.41, 5.74) is 2.05. The van der Waals surface area contributed by atoms with Crippen LogP contribution < -0.4 is 9.64 Å². The monoisotopic (exact) mass is 328 g/mol. The quantitative estimate of drug-likeness (QED) is 0.808. The van der Waals surface area contributed by atoms with Crippen LogP contribution in [0.4, 0.5) is 5.00 Å². The molecular weight excluding hydrogens is 312 g/mol. The Labute approximate surface area is 138 Å². The van der Waals surface area contributed by atoms with Crippen molar-refractivity contribution in [2.24, 2.45) is 0 Å². The highest BCUT2D eigenvalue weighted by atomic mass is 32.1. The molecule has 0 amide bonds. The number of thiophene rings is 1. The number of ether oxygens (including phenoxy) is 2. The standard InChI is InChI=1S/C17H16N2O3S/c1-21-13-4-2-3-12(9-13)16-14(10-18)17(23-15(16)11-20)19-5-7-22-8-6-19/h2-4,9,11H,5-8H2,1H3. The van der Waals surface area contributed by atoms with Gasteiger partial charge in [-0.1, -0.05) is 12.1 Å². The minimum absolute atomic E-state index is 0.548. The Bertz CT molecular complexity index is 758. The molecule has 0 radical (unpaired) electrons. The van der Waals surface area contributed by atoms with Gasteiger partial charge in [0.25, 0.3) is 0 Å². The highest BCUT2D eigenvalue weighted by Crippen LogP contribution is 2.41. The van der Waals surface area contributed by atoms with Gasteiger partial charge in [0.1, 0.15) is 16.8 Å². The summed E-state index contributed by atoms with van der Waals surface area (Å²) < 4.78 is 10.6. The molecule has 1 aliphatic heterocycles. The van der Waals surface area contributed by atoms with Gasteiger partial charge in [0, 0.05) is 18.7 Å². The van der Waals surface area contributed by atoms with Crippen LogP contribution in [0.15, 0.2) is 24.3 Å². The molecular formula is C17H16N2O3S. The molecule has 0 N–H and O–H groups in total. The van der Waals surface area contributed by atoms with Gasteiger partial charge in [0.05, 0.1) is 30.8 Å². The molecule has 0 atom stereocenters. The van der Waals surface area contributed by atoms with Crippen LogP contribution in [0.2, 0.25) is 0 Å². The second-order valence-electron chi connectivity index (χ2n) is 5.08. The van der Waals surface area contributed by atoms with E-state index in [1.54, 1.807) is 7.11 Å². The highest BCUT2D eigenvalue weighted by molar-refractivity contribution is 7.18. The second-order valence-corrected chi connectivity index (χ2v) is 6.11. The highest BCUT2D eigenvalue weighted by Gasteiger charge is 2.24. The first-order valence-corrected chi connectivity index (χ1v) is 8.09. The lowest BCUT2D eigenvalue weighted by molar-refractivity contribution is 0.112. The largest absolute Gasteiger partial charge is 0.497 e. The lowest BCUT2D eigenvalue weighted by Crippen LogP contribution is -2.36. The zero-order valence-electron chi connectivity index (χ0n) is 12.7. The summed E-state index contributed by atoms with van der Waals surface area (Å²) in [4.78, 5) is 14.2. The normalized spacial score (nSPS) is 14.3. The molecule has 3 rings (SSSR count). The van der Waals surface area contributed by atoms with Gasteiger partial charge in [-0.05, 0) is 17.7 Å². The number of morpholine rings is 1. The van der Waals surface area contributed by atoms with E-state index in [-0.39, 0.29) is 0 Å². The number of aldehydes is 1. The van der Waals surface area contributed by atoms with Crippen molar-refractivity contribution in [3.05, 3.63) is 34.7 Å². The molecule has 6 heteroatoms. The third kappa shape index (κ3) is 2.93. The smallest absolute Gasteiger partial charge is 0.160 e. The molecule has 23 heavy (non-hydrogen) atoms. The second kappa shape index (κ2) is 6.82. The zero-order chi connectivity index (χ0) is 16.2. The van der Waals surface area contributed by atoms with Crippen LogP contribution in [-0.2, 0) is 4.74 Å². The first kappa shape index (κ1) is 15.5. The predicted molar refractivity (Wildman–Crippen MR) is 89.4 cm³/mol. The number of methoxy groups -OCH3 is 1. The molecule has 2 aromatic rings. The van der Waals surface area contributed by atoms with E-state index >= 15 is 0 Å². The summed E-state index contributed by atoms with van der Waals surface area (Å²) in [6, 6.07) is 9.71. The molecule has 5 nitrogen and oxygen atoms in total. The van der Waals surface area contributed by atoms with Gasteiger partial charge < -0.3 is 14.4 Å². The van der Waals surface area contributed by atoms with E-state index in [0.717, 1.165) is 29.9 Å². The van der Waals surface area contributed by atoms with Crippen LogP contribution in [0.1, 0.15) is 15.2 Å². The van der Waals surface area contributed by atoms with Crippen LogP contribution in [0.5, 0.6) is 5.75 Å². The van der Waals surface area contributed by atoms with Crippen molar-refractivity contribution in [2.75, 3.05) is 38.3 Å². The van der Waals surface area contributed by atoms with Crippen molar-refractivity contribution in [2.45, 2.75) is 0 Å². The number of rotatable bonds is 4. The number of nitrogens with zero attached hydrogens (tertiary/aromatic N) is 2. The van der Waals surface area contributed by atoms with Gasteiger partial charge >= 0.3 is 0 Å². The Hall–Kier alpha value is -2.36. The van der Waals surface area contributed by atoms with Crippen molar-refractivity contribution in [3.8, 4) is 22.9 Å². The fraction of sp³-hybridized carbons (Fsp3) is 0.294. The van der Waals surface area contributed by atoms with Crippen molar-refractivity contribution in [3.63, 3.8) is 0 Å². The Morgan fingerprint density at radius 3 is 2.83 bits per heavy atom. The number of benzene rings is 1. The number of anilines is 1. The fourth-order valence-corrected chi connectivity index (χ4v) is 3.82. The molecule has 2 heterocycles. The van der Waals surface area contributed by atoms with E-state index in [4.69, 9.17) is 9.47 Å². The average molecular weight is 328 g/mol. The van der Waals surface area contributed by atoms with Crippen LogP contribution in [0.25, 0.3) is 11.1 Å². The molecule has 1 aromatic heterocycles. The van der Waals surface area contributed by atoms with E-state index in [2.05, 4.69) is 11.0 Å². The topological polar surface area (TPSA) is 62.6 Å². The first-order valence-electron chi connectivity index (χ1n) is 7.27. The van der Waals surface area contributed by atoms with E-state index < -0.39 is 0 Å². The van der Waals surface area contributed by atoms with Crippen molar-refractivity contribution >= 4 is 22.6 Å². The van der Waals surface area contributed by atoms with Gasteiger partial charge in [-0.3, -0.25) is 4.79 Å². The molecule has 1 fully saturated rings. The average Bonchev–Trinajstić information content (AvgIpc) is 3.01. The number of nitriles is 1. The summed E-state index contributed by atoms with van der Waals surface area (Å²) in [7, 11) is 1.59. The van der Waals surface area contributed by atoms with Gasteiger partial charge in [0.2, 0.25) is 0 Å². The summed E-state index contributed by atoms with van der Waals surface area (Å²) in [6.45, 7) is 2.72. The molecule has 0 spiro atoms. The van der Waals surface area contributed by atoms with Gasteiger partial charge in [-0.15, -0.1) is 11.3 Å². The number of carbonyl (C=O) groups is 1. The lowest BCUT2D eigenvalue weighted by Gasteiger charge is -2.27. The van der Waals surface area contributed by atoms with E-state index in [1.807, 2.05) is 24.3 Å². The molecule has 1 aromatic carbocycles. The lowest BCUT2D eigenvalue weighted by atomic mass is 10.0. The molecule has 0 aliphatic carbocycles. The van der Waals surface area contributed by atoms with Gasteiger partial charge in [-0.25, -0.2) is 0 Å². The minimum Gasteiger partial charge on any atom is -0.497 e. The fourth-order valence-electron chi connectivity index (χ4n) is 2.68. The first-order chi connectivity index (χ1) is 11.3. The molecule has 1 saturated heterocycles. The predicted octanol–water partition coefficient (Wildman–Crippen LogP) is 2.94. The minimum atomic E-state index is 0.548.